The Kier molecular flexibility index (Phi) is 8.17. The van der Waals surface area contributed by atoms with E-state index in [4.69, 9.17) is 0 Å². The minimum atomic E-state index is -0.168. The van der Waals surface area contributed by atoms with Gasteiger partial charge in [-0.05, 0) is 142 Å². The number of hydrogen-bond donors (Lipinski definition) is 1. The van der Waals surface area contributed by atoms with Gasteiger partial charge in [-0.15, -0.1) is 0 Å². The summed E-state index contributed by atoms with van der Waals surface area (Å²) in [5, 5.41) is 6.64. The minimum Gasteiger partial charge on any atom is -0.355 e. The average molecular weight is 880 g/mol. The van der Waals surface area contributed by atoms with Crippen molar-refractivity contribution in [2.24, 2.45) is 0 Å². The molecular formula is C65H60BN2. The maximum Gasteiger partial charge on any atom is 0.197 e. The highest BCUT2D eigenvalue weighted by Gasteiger charge is 2.41. The van der Waals surface area contributed by atoms with Crippen LogP contribution in [0, 0.1) is 0 Å². The highest BCUT2D eigenvalue weighted by Crippen LogP contribution is 2.55. The van der Waals surface area contributed by atoms with Gasteiger partial charge in [0.2, 0.25) is 0 Å². The average Bonchev–Trinajstić information content (AvgIpc) is 3.91. The van der Waals surface area contributed by atoms with E-state index >= 15 is 0 Å². The normalized spacial score (nSPS) is 16.1. The monoisotopic (exact) mass is 879 g/mol. The van der Waals surface area contributed by atoms with Gasteiger partial charge in [0.05, 0.1) is 5.52 Å². The van der Waals surface area contributed by atoms with E-state index in [2.05, 4.69) is 240 Å². The van der Waals surface area contributed by atoms with Gasteiger partial charge in [-0.25, -0.2) is 0 Å². The van der Waals surface area contributed by atoms with E-state index in [-0.39, 0.29) is 27.1 Å². The number of nitrogens with zero attached hydrogens (tertiary/aromatic N) is 1. The smallest absolute Gasteiger partial charge is 0.197 e. The lowest BCUT2D eigenvalue weighted by atomic mass is 9.58. The van der Waals surface area contributed by atoms with Crippen LogP contribution in [-0.4, -0.2) is 11.8 Å². The van der Waals surface area contributed by atoms with Crippen LogP contribution >= 0.6 is 0 Å². The summed E-state index contributed by atoms with van der Waals surface area (Å²) in [7, 11) is 2.53. The molecule has 68 heavy (non-hydrogen) atoms. The van der Waals surface area contributed by atoms with Crippen LogP contribution < -0.4 is 16.2 Å². The molecule has 13 rings (SSSR count). The molecule has 1 aliphatic heterocycles. The molecule has 1 aromatic heterocycles. The van der Waals surface area contributed by atoms with Crippen LogP contribution in [0.4, 0.5) is 11.4 Å². The summed E-state index contributed by atoms with van der Waals surface area (Å²) in [6.07, 6.45) is 0. The van der Waals surface area contributed by atoms with Crippen LogP contribution in [0.2, 0.25) is 0 Å². The summed E-state index contributed by atoms with van der Waals surface area (Å²) in [4.78, 5) is 0. The maximum absolute atomic E-state index is 4.04. The fraction of sp³-hybridized carbons (Fsp3) is 0.262. The van der Waals surface area contributed by atoms with E-state index in [0.29, 0.717) is 0 Å². The standard InChI is InChI=1S/C65H60BN2/c1-61(2,3)36-21-24-38(25-22-36)67-56-33-52-45(43-29-37(62(4,5)6)23-28-51(43)65(52,11)12)30-47(56)41-26-27-42-48-31-44-39-17-13-15-19-49(39)63(7,8)53(44)34-57(48)68-58-35-54-46(32-55(58)66-59(41)60(42)68)40-18-14-16-20-50(40)64(54,9)10/h13-35,67H,1-12H3. The van der Waals surface area contributed by atoms with Gasteiger partial charge in [-0.1, -0.05) is 186 Å². The molecule has 9 aromatic rings. The van der Waals surface area contributed by atoms with E-state index in [1.165, 1.54) is 127 Å². The van der Waals surface area contributed by atoms with Crippen molar-refractivity contribution in [1.29, 1.82) is 0 Å². The quantitative estimate of drug-likeness (QED) is 0.175. The van der Waals surface area contributed by atoms with Gasteiger partial charge >= 0.3 is 0 Å². The Morgan fingerprint density at radius 3 is 1.62 bits per heavy atom. The van der Waals surface area contributed by atoms with Crippen LogP contribution in [0.1, 0.15) is 128 Å². The van der Waals surface area contributed by atoms with E-state index < -0.39 is 0 Å². The molecule has 0 unspecified atom stereocenters. The predicted octanol–water partition coefficient (Wildman–Crippen LogP) is 15.7. The molecule has 1 N–H and O–H groups in total. The first-order valence-electron chi connectivity index (χ1n) is 24.8. The van der Waals surface area contributed by atoms with E-state index in [1.807, 2.05) is 0 Å². The summed E-state index contributed by atoms with van der Waals surface area (Å²) in [5.74, 6) is 0. The second kappa shape index (κ2) is 13.4. The molecule has 2 nitrogen and oxygen atoms in total. The van der Waals surface area contributed by atoms with Gasteiger partial charge in [-0.3, -0.25) is 0 Å². The number of aromatic nitrogens is 1. The largest absolute Gasteiger partial charge is 0.355 e. The Hall–Kier alpha value is -6.58. The molecule has 0 fully saturated rings. The van der Waals surface area contributed by atoms with Crippen molar-refractivity contribution in [2.45, 2.75) is 110 Å². The van der Waals surface area contributed by atoms with Gasteiger partial charge in [0.1, 0.15) is 0 Å². The zero-order valence-corrected chi connectivity index (χ0v) is 41.8. The lowest BCUT2D eigenvalue weighted by Crippen LogP contribution is -2.38. The van der Waals surface area contributed by atoms with E-state index in [1.54, 1.807) is 0 Å². The van der Waals surface area contributed by atoms with Crippen LogP contribution in [-0.2, 0) is 27.1 Å². The first-order chi connectivity index (χ1) is 32.2. The van der Waals surface area contributed by atoms with Crippen molar-refractivity contribution in [2.75, 3.05) is 5.32 Å². The van der Waals surface area contributed by atoms with Crippen LogP contribution in [0.5, 0.6) is 0 Å². The third-order valence-corrected chi connectivity index (χ3v) is 16.9. The molecule has 0 bridgehead atoms. The Morgan fingerprint density at radius 2 is 0.971 bits per heavy atom. The van der Waals surface area contributed by atoms with E-state index in [9.17, 15) is 0 Å². The Morgan fingerprint density at radius 1 is 0.426 bits per heavy atom. The first-order valence-corrected chi connectivity index (χ1v) is 24.8. The topological polar surface area (TPSA) is 17.0 Å². The van der Waals surface area contributed by atoms with Crippen LogP contribution in [0.15, 0.2) is 140 Å². The molecule has 1 radical (unpaired) electrons. The molecule has 0 saturated carbocycles. The summed E-state index contributed by atoms with van der Waals surface area (Å²) < 4.78 is 2.65. The Labute approximate surface area is 403 Å². The van der Waals surface area contributed by atoms with Gasteiger partial charge in [0.25, 0.3) is 0 Å². The maximum atomic E-state index is 4.04. The summed E-state index contributed by atoms with van der Waals surface area (Å²) in [5.41, 5.74) is 29.9. The molecule has 0 atom stereocenters. The van der Waals surface area contributed by atoms with Gasteiger partial charge in [0, 0.05) is 55.2 Å². The number of fused-ring (bicyclic) bond motifs is 14. The summed E-state index contributed by atoms with van der Waals surface area (Å²) in [6, 6.07) is 54.5. The van der Waals surface area contributed by atoms with Crippen molar-refractivity contribution < 1.29 is 0 Å². The van der Waals surface area contributed by atoms with Crippen molar-refractivity contribution in [1.82, 2.24) is 4.57 Å². The molecule has 3 heteroatoms. The lowest BCUT2D eigenvalue weighted by Gasteiger charge is -2.28. The highest BCUT2D eigenvalue weighted by molar-refractivity contribution is 6.73. The van der Waals surface area contributed by atoms with Crippen molar-refractivity contribution >= 4 is 51.4 Å². The zero-order chi connectivity index (χ0) is 47.2. The molecule has 4 aliphatic rings. The molecular weight excluding hydrogens is 820 g/mol. The number of anilines is 2. The fourth-order valence-corrected chi connectivity index (χ4v) is 13.0. The molecule has 0 amide bonds. The van der Waals surface area contributed by atoms with Gasteiger partial charge in [0.15, 0.2) is 7.28 Å². The molecule has 0 saturated heterocycles. The van der Waals surface area contributed by atoms with Crippen molar-refractivity contribution in [3.63, 3.8) is 0 Å². The van der Waals surface area contributed by atoms with Gasteiger partial charge in [-0.2, -0.15) is 0 Å². The SMILES string of the molecule is CC(C)(C)c1ccc(Nc2cc3c(cc2-c2ccc4c5cc6c(cc5n5c4c2[B]c2cc4c(cc2-5)C(C)(C)c2ccccc2-4)C(C)(C)c2ccccc2-6)-c2cc(C(C)(C)C)ccc2C3(C)C)cc1. The molecule has 0 spiro atoms. The predicted molar refractivity (Wildman–Crippen MR) is 291 cm³/mol. The second-order valence-electron chi connectivity index (χ2n) is 24.1. The Balaban J connectivity index is 1.11. The highest BCUT2D eigenvalue weighted by atomic mass is 15.0. The van der Waals surface area contributed by atoms with Crippen molar-refractivity contribution in [3.8, 4) is 50.2 Å². The first kappa shape index (κ1) is 41.6. The molecule has 333 valence electrons. The third-order valence-electron chi connectivity index (χ3n) is 16.9. The summed E-state index contributed by atoms with van der Waals surface area (Å²) in [6.45, 7) is 28.3. The second-order valence-corrected chi connectivity index (χ2v) is 24.1. The molecule has 8 aromatic carbocycles. The minimum absolute atomic E-state index is 0.0316. The van der Waals surface area contributed by atoms with Gasteiger partial charge < -0.3 is 9.88 Å². The summed E-state index contributed by atoms with van der Waals surface area (Å²) >= 11 is 0. The zero-order valence-electron chi connectivity index (χ0n) is 41.8. The van der Waals surface area contributed by atoms with E-state index in [0.717, 1.165) is 11.4 Å². The lowest BCUT2D eigenvalue weighted by molar-refractivity contribution is 0.589. The Bertz CT molecular complexity index is 3710. The number of rotatable bonds is 3. The fourth-order valence-electron chi connectivity index (χ4n) is 13.0. The van der Waals surface area contributed by atoms with Crippen LogP contribution in [0.3, 0.4) is 0 Å². The third kappa shape index (κ3) is 5.54. The molecule has 3 aliphatic carbocycles. The van der Waals surface area contributed by atoms with Crippen molar-refractivity contribution in [3.05, 3.63) is 184 Å². The number of benzene rings is 8. The molecule has 2 heterocycles. The number of nitrogens with one attached hydrogen (secondary N) is 1. The number of hydrogen-bond acceptors (Lipinski definition) is 1. The van der Waals surface area contributed by atoms with Crippen LogP contribution in [0.25, 0.3) is 72.0 Å².